The van der Waals surface area contributed by atoms with Gasteiger partial charge in [0.05, 0.1) is 0 Å². The summed E-state index contributed by atoms with van der Waals surface area (Å²) >= 11 is 0. The Hall–Kier alpha value is -1.70. The number of rotatable bonds is 3. The molecule has 3 nitrogen and oxygen atoms in total. The van der Waals surface area contributed by atoms with Crippen molar-refractivity contribution in [3.05, 3.63) is 54.6 Å². The third kappa shape index (κ3) is 2.45. The molecular weight excluding hydrogens is 223 g/mol. The van der Waals surface area contributed by atoms with Gasteiger partial charge in [-0.3, -0.25) is 0 Å². The lowest BCUT2D eigenvalue weighted by molar-refractivity contribution is 0.440. The molecule has 0 saturated heterocycles. The van der Waals surface area contributed by atoms with E-state index in [1.165, 1.54) is 6.07 Å². The highest BCUT2D eigenvalue weighted by Crippen LogP contribution is 2.26. The lowest BCUT2D eigenvalue weighted by Gasteiger charge is -2.07. The standard InChI is InChI=1S/C12H9O3P/c13-16(14)12-9-5-4-8-11(12)15-10-6-2-1-3-7-10/h1-9H. The minimum absolute atomic E-state index is 0.196. The van der Waals surface area contributed by atoms with E-state index in [0.29, 0.717) is 11.5 Å². The van der Waals surface area contributed by atoms with Crippen LogP contribution in [0.25, 0.3) is 0 Å². The van der Waals surface area contributed by atoms with Gasteiger partial charge >= 0.3 is 0 Å². The summed E-state index contributed by atoms with van der Waals surface area (Å²) in [4.78, 5) is 11.0. The molecule has 0 aliphatic heterocycles. The molecule has 0 aliphatic rings. The van der Waals surface area contributed by atoms with E-state index >= 15 is 0 Å². The summed E-state index contributed by atoms with van der Waals surface area (Å²) in [5.41, 5.74) is 0. The Morgan fingerprint density at radius 2 is 1.50 bits per heavy atom. The zero-order chi connectivity index (χ0) is 11.4. The van der Waals surface area contributed by atoms with Crippen molar-refractivity contribution in [2.45, 2.75) is 0 Å². The molecule has 2 radical (unpaired) electrons. The van der Waals surface area contributed by atoms with Gasteiger partial charge in [0.15, 0.2) is 0 Å². The zero-order valence-corrected chi connectivity index (χ0v) is 9.26. The lowest BCUT2D eigenvalue weighted by Crippen LogP contribution is -2.00. The van der Waals surface area contributed by atoms with E-state index < -0.39 is 8.03 Å². The van der Waals surface area contributed by atoms with Crippen LogP contribution in [-0.4, -0.2) is 0 Å². The van der Waals surface area contributed by atoms with Crippen molar-refractivity contribution in [2.24, 2.45) is 0 Å². The normalized spacial score (nSPS) is 10.9. The van der Waals surface area contributed by atoms with Gasteiger partial charge in [0.1, 0.15) is 16.8 Å². The van der Waals surface area contributed by atoms with Crippen molar-refractivity contribution in [2.75, 3.05) is 0 Å². The fourth-order valence-electron chi connectivity index (χ4n) is 1.31. The molecule has 0 heterocycles. The molecule has 4 heteroatoms. The van der Waals surface area contributed by atoms with Gasteiger partial charge in [0.2, 0.25) is 0 Å². The second-order valence-electron chi connectivity index (χ2n) is 3.14. The van der Waals surface area contributed by atoms with Crippen molar-refractivity contribution in [3.63, 3.8) is 0 Å². The van der Waals surface area contributed by atoms with Crippen molar-refractivity contribution in [1.29, 1.82) is 0 Å². The van der Waals surface area contributed by atoms with E-state index in [0.717, 1.165) is 0 Å². The van der Waals surface area contributed by atoms with Gasteiger partial charge in [0, 0.05) is 0 Å². The maximum absolute atomic E-state index is 11.0. The van der Waals surface area contributed by atoms with Gasteiger partial charge in [-0.1, -0.05) is 30.3 Å². The van der Waals surface area contributed by atoms with Crippen LogP contribution in [0.15, 0.2) is 54.6 Å². The maximum Gasteiger partial charge on any atom is 0.282 e. The van der Waals surface area contributed by atoms with Crippen molar-refractivity contribution >= 4 is 13.3 Å². The Bertz CT molecular complexity index is 497. The third-order valence-corrected chi connectivity index (χ3v) is 2.80. The predicted octanol–water partition coefficient (Wildman–Crippen LogP) is 3.28. The van der Waals surface area contributed by atoms with Crippen LogP contribution >= 0.6 is 8.03 Å². The summed E-state index contributed by atoms with van der Waals surface area (Å²) in [5.74, 6) is 0.969. The van der Waals surface area contributed by atoms with E-state index in [-0.39, 0.29) is 5.30 Å². The second-order valence-corrected chi connectivity index (χ2v) is 4.14. The van der Waals surface area contributed by atoms with Crippen LogP contribution in [0.4, 0.5) is 0 Å². The summed E-state index contributed by atoms with van der Waals surface area (Å²) in [7, 11) is -2.64. The molecule has 2 aromatic carbocycles. The number of benzene rings is 2. The molecule has 0 spiro atoms. The molecule has 2 rings (SSSR count). The molecule has 80 valence electrons. The summed E-state index contributed by atoms with van der Waals surface area (Å²) in [6, 6.07) is 15.6. The molecule has 1 unspecified atom stereocenters. The minimum atomic E-state index is -2.64. The number of hydrogen-bond acceptors (Lipinski definition) is 2. The highest BCUT2D eigenvalue weighted by atomic mass is 31.1. The fraction of sp³-hybridized carbons (Fsp3) is 0. The van der Waals surface area contributed by atoms with Crippen molar-refractivity contribution < 1.29 is 14.2 Å². The minimum Gasteiger partial charge on any atom is -0.456 e. The average molecular weight is 232 g/mol. The van der Waals surface area contributed by atoms with Crippen LogP contribution in [0.1, 0.15) is 0 Å². The van der Waals surface area contributed by atoms with Gasteiger partial charge < -0.3 is 4.74 Å². The highest BCUT2D eigenvalue weighted by molar-refractivity contribution is 7.47. The quantitative estimate of drug-likeness (QED) is 0.762. The Morgan fingerprint density at radius 3 is 2.19 bits per heavy atom. The second kappa shape index (κ2) is 4.88. The molecule has 0 aliphatic carbocycles. The maximum atomic E-state index is 11.0. The molecule has 0 amide bonds. The monoisotopic (exact) mass is 232 g/mol. The molecule has 0 fully saturated rings. The Labute approximate surface area is 94.2 Å². The first-order chi connectivity index (χ1) is 7.77. The van der Waals surface area contributed by atoms with E-state index in [1.54, 1.807) is 30.3 Å². The smallest absolute Gasteiger partial charge is 0.282 e. The van der Waals surface area contributed by atoms with Gasteiger partial charge in [0.25, 0.3) is 8.03 Å². The molecular formula is C12H9O3P. The van der Waals surface area contributed by atoms with Crippen LogP contribution in [0.2, 0.25) is 0 Å². The van der Waals surface area contributed by atoms with Crippen LogP contribution in [-0.2, 0) is 9.46 Å². The topological polar surface area (TPSA) is 46.2 Å². The van der Waals surface area contributed by atoms with E-state index in [4.69, 9.17) is 4.74 Å². The molecule has 0 aromatic heterocycles. The van der Waals surface area contributed by atoms with Gasteiger partial charge in [-0.2, -0.15) is 0 Å². The fourth-order valence-corrected chi connectivity index (χ4v) is 1.82. The van der Waals surface area contributed by atoms with Crippen LogP contribution in [0, 0.1) is 0 Å². The molecule has 0 bridgehead atoms. The van der Waals surface area contributed by atoms with E-state index in [9.17, 15) is 9.46 Å². The molecule has 0 N–H and O–H groups in total. The van der Waals surface area contributed by atoms with Gasteiger partial charge in [-0.15, -0.1) is 4.89 Å². The first-order valence-electron chi connectivity index (χ1n) is 4.74. The summed E-state index contributed by atoms with van der Waals surface area (Å²) in [5, 5.41) is 0.196. The summed E-state index contributed by atoms with van der Waals surface area (Å²) < 4.78 is 16.5. The first kappa shape index (κ1) is 10.8. The molecule has 1 atom stereocenters. The summed E-state index contributed by atoms with van der Waals surface area (Å²) in [6.07, 6.45) is 0. The SMILES string of the molecule is [O][P](=O)c1ccccc1Oc1ccccc1. The lowest BCUT2D eigenvalue weighted by atomic mass is 10.3. The Morgan fingerprint density at radius 1 is 0.875 bits per heavy atom. The van der Waals surface area contributed by atoms with E-state index in [1.807, 2.05) is 18.2 Å². The average Bonchev–Trinajstić information content (AvgIpc) is 2.31. The van der Waals surface area contributed by atoms with Crippen LogP contribution in [0.5, 0.6) is 11.5 Å². The Balaban J connectivity index is 2.31. The Kier molecular flexibility index (Phi) is 3.30. The van der Waals surface area contributed by atoms with E-state index in [2.05, 4.69) is 0 Å². The van der Waals surface area contributed by atoms with Crippen molar-refractivity contribution in [3.8, 4) is 11.5 Å². The number of ether oxygens (including phenoxy) is 1. The largest absolute Gasteiger partial charge is 0.456 e. The van der Waals surface area contributed by atoms with Gasteiger partial charge in [-0.05, 0) is 24.3 Å². The van der Waals surface area contributed by atoms with Crippen LogP contribution < -0.4 is 10.0 Å². The number of para-hydroxylation sites is 2. The number of hydrogen-bond donors (Lipinski definition) is 0. The molecule has 16 heavy (non-hydrogen) atoms. The third-order valence-electron chi connectivity index (χ3n) is 2.03. The van der Waals surface area contributed by atoms with Gasteiger partial charge in [-0.25, -0.2) is 4.57 Å². The highest BCUT2D eigenvalue weighted by Gasteiger charge is 2.10. The first-order valence-corrected chi connectivity index (χ1v) is 5.91. The zero-order valence-electron chi connectivity index (χ0n) is 8.37. The predicted molar refractivity (Wildman–Crippen MR) is 60.9 cm³/mol. The van der Waals surface area contributed by atoms with Crippen molar-refractivity contribution in [1.82, 2.24) is 0 Å². The summed E-state index contributed by atoms with van der Waals surface area (Å²) in [6.45, 7) is 0. The molecule has 0 saturated carbocycles. The molecule has 2 aromatic rings. The van der Waals surface area contributed by atoms with Crippen LogP contribution in [0.3, 0.4) is 0 Å².